The molecule has 0 bridgehead atoms. The molecule has 23 heavy (non-hydrogen) atoms. The van der Waals surface area contributed by atoms with E-state index in [1.165, 1.54) is 12.8 Å². The average Bonchev–Trinajstić information content (AvgIpc) is 3.24. The van der Waals surface area contributed by atoms with Crippen LogP contribution in [0.25, 0.3) is 0 Å². The van der Waals surface area contributed by atoms with E-state index >= 15 is 0 Å². The Morgan fingerprint density at radius 3 is 2.78 bits per heavy atom. The maximum absolute atomic E-state index is 11.9. The van der Waals surface area contributed by atoms with Crippen molar-refractivity contribution < 1.29 is 9.21 Å². The number of nitrogens with one attached hydrogen (secondary N) is 1. The number of nitrogens with zero attached hydrogens (tertiary/aromatic N) is 1. The molecule has 0 spiro atoms. The Kier molecular flexibility index (Phi) is 4.86. The van der Waals surface area contributed by atoms with Gasteiger partial charge in [0.15, 0.2) is 0 Å². The molecule has 1 aliphatic heterocycles. The van der Waals surface area contributed by atoms with Gasteiger partial charge in [0.05, 0.1) is 24.2 Å². The lowest BCUT2D eigenvalue weighted by atomic mass is 10.1. The molecule has 1 aromatic heterocycles. The van der Waals surface area contributed by atoms with Crippen molar-refractivity contribution in [1.29, 1.82) is 0 Å². The lowest BCUT2D eigenvalue weighted by Gasteiger charge is -2.20. The Balaban J connectivity index is 1.49. The summed E-state index contributed by atoms with van der Waals surface area (Å²) in [5, 5.41) is 2.85. The van der Waals surface area contributed by atoms with E-state index in [1.807, 2.05) is 18.2 Å². The van der Waals surface area contributed by atoms with Crippen LogP contribution in [0.15, 0.2) is 41.0 Å². The molecule has 1 saturated heterocycles. The highest BCUT2D eigenvalue weighted by molar-refractivity contribution is 5.76. The van der Waals surface area contributed by atoms with Crippen LogP contribution in [0.1, 0.15) is 30.6 Å². The molecule has 1 aliphatic rings. The summed E-state index contributed by atoms with van der Waals surface area (Å²) in [4.78, 5) is 14.2. The minimum Gasteiger partial charge on any atom is -0.467 e. The third-order valence-electron chi connectivity index (χ3n) is 4.22. The summed E-state index contributed by atoms with van der Waals surface area (Å²) >= 11 is 0. The van der Waals surface area contributed by atoms with Gasteiger partial charge < -0.3 is 20.4 Å². The lowest BCUT2D eigenvalue weighted by molar-refractivity contribution is -0.121. The number of rotatable bonds is 6. The Labute approximate surface area is 136 Å². The fourth-order valence-corrected chi connectivity index (χ4v) is 2.95. The molecule has 2 aromatic rings. The van der Waals surface area contributed by atoms with Gasteiger partial charge >= 0.3 is 0 Å². The largest absolute Gasteiger partial charge is 0.467 e. The predicted octanol–water partition coefficient (Wildman–Crippen LogP) is 2.71. The van der Waals surface area contributed by atoms with Crippen LogP contribution in [0.2, 0.25) is 0 Å². The molecule has 1 amide bonds. The van der Waals surface area contributed by atoms with E-state index in [0.29, 0.717) is 19.4 Å². The quantitative estimate of drug-likeness (QED) is 0.804. The zero-order valence-corrected chi connectivity index (χ0v) is 13.3. The molecule has 2 heterocycles. The molecule has 5 heteroatoms. The third kappa shape index (κ3) is 4.06. The van der Waals surface area contributed by atoms with Crippen molar-refractivity contribution in [2.45, 2.75) is 32.2 Å². The number of benzene rings is 1. The zero-order valence-electron chi connectivity index (χ0n) is 13.3. The molecule has 0 aliphatic carbocycles. The van der Waals surface area contributed by atoms with Crippen LogP contribution in [0.5, 0.6) is 0 Å². The molecule has 0 unspecified atom stereocenters. The van der Waals surface area contributed by atoms with E-state index in [9.17, 15) is 4.79 Å². The van der Waals surface area contributed by atoms with Gasteiger partial charge in [0.2, 0.25) is 5.91 Å². The first kappa shape index (κ1) is 15.5. The summed E-state index contributed by atoms with van der Waals surface area (Å²) in [6, 6.07) is 9.80. The van der Waals surface area contributed by atoms with Gasteiger partial charge in [0, 0.05) is 19.5 Å². The van der Waals surface area contributed by atoms with E-state index in [0.717, 1.165) is 35.8 Å². The maximum Gasteiger partial charge on any atom is 0.220 e. The van der Waals surface area contributed by atoms with Crippen molar-refractivity contribution in [3.63, 3.8) is 0 Å². The van der Waals surface area contributed by atoms with Crippen LogP contribution in [0.3, 0.4) is 0 Å². The summed E-state index contributed by atoms with van der Waals surface area (Å²) in [6.45, 7) is 2.60. The Hall–Kier alpha value is -2.43. The fraction of sp³-hybridized carbons (Fsp3) is 0.389. The van der Waals surface area contributed by atoms with Gasteiger partial charge in [-0.05, 0) is 49.1 Å². The maximum atomic E-state index is 11.9. The first-order valence-corrected chi connectivity index (χ1v) is 8.15. The second kappa shape index (κ2) is 7.22. The van der Waals surface area contributed by atoms with Gasteiger partial charge in [-0.2, -0.15) is 0 Å². The molecule has 122 valence electrons. The topological polar surface area (TPSA) is 71.5 Å². The number of furan rings is 1. The number of carbonyl (C=O) groups excluding carboxylic acids is 1. The fourth-order valence-electron chi connectivity index (χ4n) is 2.95. The molecule has 5 nitrogen and oxygen atoms in total. The highest BCUT2D eigenvalue weighted by atomic mass is 16.3. The standard InChI is InChI=1S/C18H23N3O2/c19-16-12-14(5-7-17(16)21-9-1-2-10-21)6-8-18(22)20-13-15-4-3-11-23-15/h3-5,7,11-12H,1-2,6,8-10,13,19H2,(H,20,22). The average molecular weight is 313 g/mol. The van der Waals surface area contributed by atoms with E-state index in [1.54, 1.807) is 6.26 Å². The number of hydrogen-bond acceptors (Lipinski definition) is 4. The first-order chi connectivity index (χ1) is 11.2. The van der Waals surface area contributed by atoms with Gasteiger partial charge in [-0.3, -0.25) is 4.79 Å². The summed E-state index contributed by atoms with van der Waals surface area (Å²) < 4.78 is 5.19. The number of anilines is 2. The molecular formula is C18H23N3O2. The van der Waals surface area contributed by atoms with E-state index in [4.69, 9.17) is 10.2 Å². The number of nitrogen functional groups attached to an aromatic ring is 1. The molecule has 1 aromatic carbocycles. The number of carbonyl (C=O) groups is 1. The number of hydrogen-bond donors (Lipinski definition) is 2. The number of nitrogens with two attached hydrogens (primary N) is 1. The lowest BCUT2D eigenvalue weighted by Crippen LogP contribution is -2.22. The summed E-state index contributed by atoms with van der Waals surface area (Å²) in [7, 11) is 0. The van der Waals surface area contributed by atoms with Crippen molar-refractivity contribution in [2.75, 3.05) is 23.7 Å². The van der Waals surface area contributed by atoms with Crippen molar-refractivity contribution in [2.24, 2.45) is 0 Å². The van der Waals surface area contributed by atoms with Crippen LogP contribution in [-0.4, -0.2) is 19.0 Å². The summed E-state index contributed by atoms with van der Waals surface area (Å²) in [6.07, 6.45) is 5.21. The molecule has 3 N–H and O–H groups in total. The van der Waals surface area contributed by atoms with Gasteiger partial charge in [-0.15, -0.1) is 0 Å². The monoisotopic (exact) mass is 313 g/mol. The second-order valence-electron chi connectivity index (χ2n) is 5.94. The van der Waals surface area contributed by atoms with Crippen LogP contribution < -0.4 is 16.0 Å². The van der Waals surface area contributed by atoms with Crippen molar-refractivity contribution >= 4 is 17.3 Å². The highest BCUT2D eigenvalue weighted by Crippen LogP contribution is 2.27. The second-order valence-corrected chi connectivity index (χ2v) is 5.94. The van der Waals surface area contributed by atoms with Crippen molar-refractivity contribution in [3.05, 3.63) is 47.9 Å². The molecule has 3 rings (SSSR count). The minimum atomic E-state index is 0.0172. The van der Waals surface area contributed by atoms with Gasteiger partial charge in [-0.1, -0.05) is 6.07 Å². The number of amides is 1. The Bertz CT molecular complexity index is 646. The molecule has 0 saturated carbocycles. The smallest absolute Gasteiger partial charge is 0.220 e. The first-order valence-electron chi connectivity index (χ1n) is 8.15. The van der Waals surface area contributed by atoms with Crippen molar-refractivity contribution in [1.82, 2.24) is 5.32 Å². The third-order valence-corrected chi connectivity index (χ3v) is 4.22. The molecule has 1 fully saturated rings. The van der Waals surface area contributed by atoms with E-state index in [-0.39, 0.29) is 5.91 Å². The van der Waals surface area contributed by atoms with Gasteiger partial charge in [-0.25, -0.2) is 0 Å². The molecule has 0 atom stereocenters. The van der Waals surface area contributed by atoms with Crippen molar-refractivity contribution in [3.8, 4) is 0 Å². The van der Waals surface area contributed by atoms with Crippen LogP contribution in [-0.2, 0) is 17.8 Å². The van der Waals surface area contributed by atoms with Crippen LogP contribution >= 0.6 is 0 Å². The van der Waals surface area contributed by atoms with E-state index < -0.39 is 0 Å². The zero-order chi connectivity index (χ0) is 16.1. The Morgan fingerprint density at radius 1 is 1.26 bits per heavy atom. The van der Waals surface area contributed by atoms with Crippen LogP contribution in [0.4, 0.5) is 11.4 Å². The minimum absolute atomic E-state index is 0.0172. The van der Waals surface area contributed by atoms with Gasteiger partial charge in [0.25, 0.3) is 0 Å². The Morgan fingerprint density at radius 2 is 2.09 bits per heavy atom. The number of aryl methyl sites for hydroxylation is 1. The SMILES string of the molecule is Nc1cc(CCC(=O)NCc2ccco2)ccc1N1CCCC1. The summed E-state index contributed by atoms with van der Waals surface area (Å²) in [5.41, 5.74) is 9.20. The summed E-state index contributed by atoms with van der Waals surface area (Å²) in [5.74, 6) is 0.779. The van der Waals surface area contributed by atoms with E-state index in [2.05, 4.69) is 22.3 Å². The highest BCUT2D eigenvalue weighted by Gasteiger charge is 2.15. The predicted molar refractivity (Wildman–Crippen MR) is 91.2 cm³/mol. The molecular weight excluding hydrogens is 290 g/mol. The van der Waals surface area contributed by atoms with Gasteiger partial charge in [0.1, 0.15) is 5.76 Å². The molecule has 0 radical (unpaired) electrons. The normalized spacial score (nSPS) is 14.2. The van der Waals surface area contributed by atoms with Crippen LogP contribution in [0, 0.1) is 0 Å².